The summed E-state index contributed by atoms with van der Waals surface area (Å²) >= 11 is 0. The van der Waals surface area contributed by atoms with Gasteiger partial charge in [0, 0.05) is 0 Å². The minimum absolute atomic E-state index is 0.102. The summed E-state index contributed by atoms with van der Waals surface area (Å²) in [5.74, 6) is 0.110. The predicted molar refractivity (Wildman–Crippen MR) is 104 cm³/mol. The SMILES string of the molecule is CC[C@@H](NC(=O)Cc1cc(C)ccc1C)c1ccc2c(c1)CCCC2. The maximum atomic E-state index is 12.6. The van der Waals surface area contributed by atoms with Gasteiger partial charge in [0.25, 0.3) is 0 Å². The molecule has 0 heterocycles. The van der Waals surface area contributed by atoms with Crippen LogP contribution in [0.4, 0.5) is 0 Å². The molecular weight excluding hydrogens is 306 g/mol. The van der Waals surface area contributed by atoms with Gasteiger partial charge in [-0.15, -0.1) is 0 Å². The topological polar surface area (TPSA) is 29.1 Å². The molecule has 25 heavy (non-hydrogen) atoms. The number of aryl methyl sites for hydroxylation is 4. The monoisotopic (exact) mass is 335 g/mol. The zero-order valence-electron chi connectivity index (χ0n) is 15.7. The van der Waals surface area contributed by atoms with E-state index in [0.717, 1.165) is 12.0 Å². The molecule has 0 aromatic heterocycles. The molecule has 1 N–H and O–H groups in total. The van der Waals surface area contributed by atoms with Crippen LogP contribution in [0.25, 0.3) is 0 Å². The Morgan fingerprint density at radius 3 is 2.56 bits per heavy atom. The van der Waals surface area contributed by atoms with Crippen LogP contribution in [0.15, 0.2) is 36.4 Å². The molecule has 2 nitrogen and oxygen atoms in total. The van der Waals surface area contributed by atoms with Crippen molar-refractivity contribution in [3.05, 3.63) is 69.8 Å². The highest BCUT2D eigenvalue weighted by Crippen LogP contribution is 2.26. The summed E-state index contributed by atoms with van der Waals surface area (Å²) < 4.78 is 0. The molecule has 0 fully saturated rings. The van der Waals surface area contributed by atoms with Crippen LogP contribution in [0.2, 0.25) is 0 Å². The third-order valence-electron chi connectivity index (χ3n) is 5.37. The van der Waals surface area contributed by atoms with Crippen LogP contribution in [-0.2, 0) is 24.1 Å². The van der Waals surface area contributed by atoms with Crippen LogP contribution >= 0.6 is 0 Å². The first-order valence-electron chi connectivity index (χ1n) is 9.54. The van der Waals surface area contributed by atoms with Crippen molar-refractivity contribution in [2.75, 3.05) is 0 Å². The fraction of sp³-hybridized carbons (Fsp3) is 0.435. The Morgan fingerprint density at radius 2 is 1.80 bits per heavy atom. The summed E-state index contributed by atoms with van der Waals surface area (Å²) in [6.45, 7) is 6.29. The number of benzene rings is 2. The first kappa shape index (κ1) is 17.7. The van der Waals surface area contributed by atoms with E-state index in [1.807, 2.05) is 0 Å². The van der Waals surface area contributed by atoms with Gasteiger partial charge in [0.1, 0.15) is 0 Å². The normalized spacial score (nSPS) is 14.7. The summed E-state index contributed by atoms with van der Waals surface area (Å²) in [6.07, 6.45) is 6.33. The number of carbonyl (C=O) groups excluding carboxylic acids is 1. The molecule has 0 bridgehead atoms. The van der Waals surface area contributed by atoms with E-state index in [1.54, 1.807) is 0 Å². The minimum Gasteiger partial charge on any atom is -0.349 e. The first-order valence-corrected chi connectivity index (χ1v) is 9.54. The maximum Gasteiger partial charge on any atom is 0.224 e. The molecule has 1 atom stereocenters. The van der Waals surface area contributed by atoms with Crippen LogP contribution in [0.1, 0.15) is 65.6 Å². The van der Waals surface area contributed by atoms with Gasteiger partial charge in [-0.05, 0) is 73.8 Å². The molecule has 2 aromatic carbocycles. The van der Waals surface area contributed by atoms with E-state index in [9.17, 15) is 4.79 Å². The Balaban J connectivity index is 1.71. The lowest BCUT2D eigenvalue weighted by Crippen LogP contribution is -2.30. The molecule has 1 aliphatic carbocycles. The molecule has 0 saturated carbocycles. The number of nitrogens with one attached hydrogen (secondary N) is 1. The number of amides is 1. The van der Waals surface area contributed by atoms with Gasteiger partial charge in [-0.25, -0.2) is 0 Å². The third-order valence-corrected chi connectivity index (χ3v) is 5.37. The number of carbonyl (C=O) groups is 1. The summed E-state index contributed by atoms with van der Waals surface area (Å²) in [5, 5.41) is 3.25. The average Bonchev–Trinajstić information content (AvgIpc) is 2.62. The zero-order chi connectivity index (χ0) is 17.8. The highest BCUT2D eigenvalue weighted by Gasteiger charge is 2.16. The second-order valence-electron chi connectivity index (χ2n) is 7.37. The average molecular weight is 335 g/mol. The largest absolute Gasteiger partial charge is 0.349 e. The summed E-state index contributed by atoms with van der Waals surface area (Å²) in [5.41, 5.74) is 7.73. The fourth-order valence-electron chi connectivity index (χ4n) is 3.80. The molecule has 132 valence electrons. The summed E-state index contributed by atoms with van der Waals surface area (Å²) in [7, 11) is 0. The van der Waals surface area contributed by atoms with Crippen molar-refractivity contribution in [1.29, 1.82) is 0 Å². The van der Waals surface area contributed by atoms with Crippen LogP contribution in [0, 0.1) is 13.8 Å². The number of rotatable bonds is 5. The van der Waals surface area contributed by atoms with E-state index in [-0.39, 0.29) is 11.9 Å². The zero-order valence-corrected chi connectivity index (χ0v) is 15.7. The van der Waals surface area contributed by atoms with Gasteiger partial charge < -0.3 is 5.32 Å². The molecular formula is C23H29NO. The van der Waals surface area contributed by atoms with Gasteiger partial charge in [-0.3, -0.25) is 4.79 Å². The van der Waals surface area contributed by atoms with Gasteiger partial charge in [0.05, 0.1) is 12.5 Å². The quantitative estimate of drug-likeness (QED) is 0.819. The summed E-state index contributed by atoms with van der Waals surface area (Å²) in [6, 6.07) is 13.2. The Hall–Kier alpha value is -2.09. The Morgan fingerprint density at radius 1 is 1.04 bits per heavy atom. The van der Waals surface area contributed by atoms with Crippen molar-refractivity contribution in [1.82, 2.24) is 5.32 Å². The summed E-state index contributed by atoms with van der Waals surface area (Å²) in [4.78, 5) is 12.6. The molecule has 2 aromatic rings. The van der Waals surface area contributed by atoms with Gasteiger partial charge in [0.2, 0.25) is 5.91 Å². The molecule has 3 rings (SSSR count). The molecule has 0 aliphatic heterocycles. The molecule has 2 heteroatoms. The molecule has 1 aliphatic rings. The van der Waals surface area contributed by atoms with Crippen LogP contribution in [0.5, 0.6) is 0 Å². The predicted octanol–water partition coefficient (Wildman–Crippen LogP) is 4.99. The molecule has 0 spiro atoms. The number of hydrogen-bond acceptors (Lipinski definition) is 1. The van der Waals surface area contributed by atoms with Crippen molar-refractivity contribution in [2.24, 2.45) is 0 Å². The van der Waals surface area contributed by atoms with Gasteiger partial charge in [-0.1, -0.05) is 48.9 Å². The van der Waals surface area contributed by atoms with Gasteiger partial charge >= 0.3 is 0 Å². The van der Waals surface area contributed by atoms with E-state index in [4.69, 9.17) is 0 Å². The van der Waals surface area contributed by atoms with Crippen molar-refractivity contribution in [3.63, 3.8) is 0 Å². The fourth-order valence-corrected chi connectivity index (χ4v) is 3.80. The van der Waals surface area contributed by atoms with Gasteiger partial charge in [0.15, 0.2) is 0 Å². The van der Waals surface area contributed by atoms with Crippen molar-refractivity contribution in [3.8, 4) is 0 Å². The maximum absolute atomic E-state index is 12.6. The van der Waals surface area contributed by atoms with Crippen molar-refractivity contribution in [2.45, 2.75) is 65.3 Å². The molecule has 0 radical (unpaired) electrons. The highest BCUT2D eigenvalue weighted by molar-refractivity contribution is 5.79. The van der Waals surface area contributed by atoms with Crippen LogP contribution in [-0.4, -0.2) is 5.91 Å². The Bertz CT molecular complexity index is 763. The van der Waals surface area contributed by atoms with E-state index in [2.05, 4.69) is 62.5 Å². The number of fused-ring (bicyclic) bond motifs is 1. The number of hydrogen-bond donors (Lipinski definition) is 1. The smallest absolute Gasteiger partial charge is 0.224 e. The molecule has 1 amide bonds. The lowest BCUT2D eigenvalue weighted by molar-refractivity contribution is -0.121. The highest BCUT2D eigenvalue weighted by atomic mass is 16.1. The minimum atomic E-state index is 0.102. The van der Waals surface area contributed by atoms with Crippen LogP contribution in [0.3, 0.4) is 0 Å². The van der Waals surface area contributed by atoms with E-state index in [0.29, 0.717) is 6.42 Å². The van der Waals surface area contributed by atoms with Crippen molar-refractivity contribution < 1.29 is 4.79 Å². The Kier molecular flexibility index (Phi) is 5.57. The van der Waals surface area contributed by atoms with E-state index < -0.39 is 0 Å². The second-order valence-corrected chi connectivity index (χ2v) is 7.37. The lowest BCUT2D eigenvalue weighted by atomic mass is 9.88. The second kappa shape index (κ2) is 7.86. The first-order chi connectivity index (χ1) is 12.1. The lowest BCUT2D eigenvalue weighted by Gasteiger charge is -2.22. The van der Waals surface area contributed by atoms with E-state index >= 15 is 0 Å². The third kappa shape index (κ3) is 4.31. The molecule has 0 unspecified atom stereocenters. The van der Waals surface area contributed by atoms with E-state index in [1.165, 1.54) is 53.5 Å². The van der Waals surface area contributed by atoms with Crippen molar-refractivity contribution >= 4 is 5.91 Å². The van der Waals surface area contributed by atoms with Gasteiger partial charge in [-0.2, -0.15) is 0 Å². The van der Waals surface area contributed by atoms with Crippen LogP contribution < -0.4 is 5.32 Å². The standard InChI is InChI=1S/C23H29NO/c1-4-22(20-12-11-18-7-5-6-8-19(18)14-20)24-23(25)15-21-13-16(2)9-10-17(21)3/h9-14,22H,4-8,15H2,1-3H3,(H,24,25)/t22-/m1/s1. The molecule has 0 saturated heterocycles. The Labute approximate surface area is 151 Å².